The number of benzene rings is 1. The zero-order valence-electron chi connectivity index (χ0n) is 12.7. The SMILES string of the molecule is CCN(CC)c1ccc(NC(=O)C(CS)NC(C)=O)cc1. The molecule has 2 amide bonds. The van der Waals surface area contributed by atoms with Crippen molar-refractivity contribution in [2.24, 2.45) is 0 Å². The zero-order chi connectivity index (χ0) is 15.8. The summed E-state index contributed by atoms with van der Waals surface area (Å²) in [5.41, 5.74) is 1.82. The second kappa shape index (κ2) is 8.56. The maximum Gasteiger partial charge on any atom is 0.247 e. The second-order valence-corrected chi connectivity index (χ2v) is 5.01. The molecule has 5 nitrogen and oxygen atoms in total. The highest BCUT2D eigenvalue weighted by Crippen LogP contribution is 2.17. The minimum absolute atomic E-state index is 0.249. The van der Waals surface area contributed by atoms with Gasteiger partial charge in [0.25, 0.3) is 0 Å². The van der Waals surface area contributed by atoms with E-state index < -0.39 is 6.04 Å². The molecule has 0 bridgehead atoms. The van der Waals surface area contributed by atoms with Crippen LogP contribution in [-0.4, -0.2) is 36.7 Å². The van der Waals surface area contributed by atoms with Gasteiger partial charge in [-0.1, -0.05) is 0 Å². The van der Waals surface area contributed by atoms with E-state index in [1.54, 1.807) is 0 Å². The third kappa shape index (κ3) is 5.30. The maximum absolute atomic E-state index is 12.0. The van der Waals surface area contributed by atoms with Crippen LogP contribution in [0.3, 0.4) is 0 Å². The lowest BCUT2D eigenvalue weighted by Gasteiger charge is -2.21. The molecule has 0 fully saturated rings. The van der Waals surface area contributed by atoms with Gasteiger partial charge in [-0.25, -0.2) is 0 Å². The number of hydrogen-bond acceptors (Lipinski definition) is 4. The number of nitrogens with zero attached hydrogens (tertiary/aromatic N) is 1. The Labute approximate surface area is 131 Å². The lowest BCUT2D eigenvalue weighted by Crippen LogP contribution is -2.44. The van der Waals surface area contributed by atoms with Crippen molar-refractivity contribution in [2.45, 2.75) is 26.8 Å². The Morgan fingerprint density at radius 1 is 1.19 bits per heavy atom. The second-order valence-electron chi connectivity index (χ2n) is 4.64. The van der Waals surface area contributed by atoms with Crippen molar-refractivity contribution in [1.29, 1.82) is 0 Å². The first kappa shape index (κ1) is 17.4. The van der Waals surface area contributed by atoms with E-state index in [4.69, 9.17) is 0 Å². The normalized spacial score (nSPS) is 11.6. The molecule has 1 atom stereocenters. The highest BCUT2D eigenvalue weighted by Gasteiger charge is 2.17. The summed E-state index contributed by atoms with van der Waals surface area (Å²) in [6.45, 7) is 7.45. The maximum atomic E-state index is 12.0. The van der Waals surface area contributed by atoms with E-state index in [2.05, 4.69) is 42.0 Å². The van der Waals surface area contributed by atoms with E-state index in [0.29, 0.717) is 5.69 Å². The van der Waals surface area contributed by atoms with Crippen molar-refractivity contribution in [2.75, 3.05) is 29.1 Å². The van der Waals surface area contributed by atoms with Crippen LogP contribution in [0.25, 0.3) is 0 Å². The summed E-state index contributed by atoms with van der Waals surface area (Å²) in [6.07, 6.45) is 0. The van der Waals surface area contributed by atoms with Crippen LogP contribution in [0.1, 0.15) is 20.8 Å². The highest BCUT2D eigenvalue weighted by atomic mass is 32.1. The molecule has 1 unspecified atom stereocenters. The molecule has 1 aromatic carbocycles. The summed E-state index contributed by atoms with van der Waals surface area (Å²) < 4.78 is 0. The fourth-order valence-corrected chi connectivity index (χ4v) is 2.27. The van der Waals surface area contributed by atoms with Crippen LogP contribution >= 0.6 is 12.6 Å². The molecular weight excluding hydrogens is 286 g/mol. The molecule has 0 heterocycles. The molecule has 116 valence electrons. The Kier molecular flexibility index (Phi) is 7.08. The van der Waals surface area contributed by atoms with Gasteiger partial charge in [-0.2, -0.15) is 12.6 Å². The van der Waals surface area contributed by atoms with Crippen LogP contribution in [0.5, 0.6) is 0 Å². The molecule has 0 aliphatic rings. The Hall–Kier alpha value is -1.69. The van der Waals surface area contributed by atoms with Crippen molar-refractivity contribution < 1.29 is 9.59 Å². The number of hydrogen-bond donors (Lipinski definition) is 3. The highest BCUT2D eigenvalue weighted by molar-refractivity contribution is 7.80. The Balaban J connectivity index is 2.70. The monoisotopic (exact) mass is 309 g/mol. The lowest BCUT2D eigenvalue weighted by atomic mass is 10.2. The van der Waals surface area contributed by atoms with E-state index in [1.165, 1.54) is 6.92 Å². The van der Waals surface area contributed by atoms with Gasteiger partial charge in [0.05, 0.1) is 0 Å². The first-order valence-electron chi connectivity index (χ1n) is 7.05. The molecule has 1 aromatic rings. The van der Waals surface area contributed by atoms with Crippen LogP contribution < -0.4 is 15.5 Å². The van der Waals surface area contributed by atoms with Gasteiger partial charge in [-0.3, -0.25) is 9.59 Å². The van der Waals surface area contributed by atoms with Crippen LogP contribution in [0.15, 0.2) is 24.3 Å². The van der Waals surface area contributed by atoms with Crippen LogP contribution in [0.4, 0.5) is 11.4 Å². The summed E-state index contributed by atoms with van der Waals surface area (Å²) in [5.74, 6) is -0.264. The molecule has 1 rings (SSSR count). The smallest absolute Gasteiger partial charge is 0.247 e. The van der Waals surface area contributed by atoms with Gasteiger partial charge in [0.2, 0.25) is 11.8 Å². The summed E-state index contributed by atoms with van der Waals surface area (Å²) in [5, 5.41) is 5.34. The van der Waals surface area contributed by atoms with Crippen LogP contribution in [-0.2, 0) is 9.59 Å². The number of anilines is 2. The van der Waals surface area contributed by atoms with Crippen molar-refractivity contribution in [3.05, 3.63) is 24.3 Å². The number of carbonyl (C=O) groups is 2. The largest absolute Gasteiger partial charge is 0.372 e. The molecule has 0 spiro atoms. The topological polar surface area (TPSA) is 61.4 Å². The average molecular weight is 309 g/mol. The fraction of sp³-hybridized carbons (Fsp3) is 0.467. The minimum Gasteiger partial charge on any atom is -0.372 e. The molecule has 0 radical (unpaired) electrons. The number of amides is 2. The van der Waals surface area contributed by atoms with E-state index in [-0.39, 0.29) is 17.6 Å². The quantitative estimate of drug-likeness (QED) is 0.674. The summed E-state index contributed by atoms with van der Waals surface area (Å²) in [4.78, 5) is 25.3. The van der Waals surface area contributed by atoms with Gasteiger partial charge in [0.1, 0.15) is 6.04 Å². The van der Waals surface area contributed by atoms with Gasteiger partial charge in [0.15, 0.2) is 0 Å². The molecular formula is C15H23N3O2S. The van der Waals surface area contributed by atoms with E-state index in [9.17, 15) is 9.59 Å². The van der Waals surface area contributed by atoms with E-state index in [0.717, 1.165) is 18.8 Å². The van der Waals surface area contributed by atoms with Crippen molar-refractivity contribution in [3.8, 4) is 0 Å². The predicted octanol–water partition coefficient (Wildman–Crippen LogP) is 1.91. The van der Waals surface area contributed by atoms with Crippen LogP contribution in [0.2, 0.25) is 0 Å². The molecule has 0 aliphatic heterocycles. The van der Waals surface area contributed by atoms with Crippen LogP contribution in [0, 0.1) is 0 Å². The zero-order valence-corrected chi connectivity index (χ0v) is 13.6. The standard InChI is InChI=1S/C15H23N3O2S/c1-4-18(5-2)13-8-6-12(7-9-13)17-15(20)14(10-21)16-11(3)19/h6-9,14,21H,4-5,10H2,1-3H3,(H,16,19)(H,17,20). The Bertz CT molecular complexity index is 472. The summed E-state index contributed by atoms with van der Waals surface area (Å²) in [6, 6.07) is 7.02. The molecule has 0 saturated carbocycles. The first-order valence-corrected chi connectivity index (χ1v) is 7.68. The molecule has 0 saturated heterocycles. The first-order chi connectivity index (χ1) is 10.0. The molecule has 0 aliphatic carbocycles. The van der Waals surface area contributed by atoms with E-state index >= 15 is 0 Å². The number of nitrogens with one attached hydrogen (secondary N) is 2. The van der Waals surface area contributed by atoms with Gasteiger partial charge in [-0.15, -0.1) is 0 Å². The Morgan fingerprint density at radius 2 is 1.76 bits per heavy atom. The van der Waals surface area contributed by atoms with Gasteiger partial charge in [-0.05, 0) is 38.1 Å². The summed E-state index contributed by atoms with van der Waals surface area (Å²) in [7, 11) is 0. The number of thiol groups is 1. The third-order valence-electron chi connectivity index (χ3n) is 3.14. The average Bonchev–Trinajstić information content (AvgIpc) is 2.47. The molecule has 6 heteroatoms. The number of rotatable bonds is 7. The lowest BCUT2D eigenvalue weighted by molar-refractivity contribution is -0.124. The van der Waals surface area contributed by atoms with Crippen molar-refractivity contribution in [3.63, 3.8) is 0 Å². The summed E-state index contributed by atoms with van der Waals surface area (Å²) >= 11 is 4.08. The van der Waals surface area contributed by atoms with Crippen molar-refractivity contribution in [1.82, 2.24) is 5.32 Å². The number of carbonyl (C=O) groups excluding carboxylic acids is 2. The Morgan fingerprint density at radius 3 is 2.19 bits per heavy atom. The predicted molar refractivity (Wildman–Crippen MR) is 90.1 cm³/mol. The molecule has 2 N–H and O–H groups in total. The van der Waals surface area contributed by atoms with E-state index in [1.807, 2.05) is 24.3 Å². The van der Waals surface area contributed by atoms with Crippen molar-refractivity contribution >= 4 is 35.8 Å². The third-order valence-corrected chi connectivity index (χ3v) is 3.51. The van der Waals surface area contributed by atoms with Gasteiger partial charge < -0.3 is 15.5 Å². The molecule has 0 aromatic heterocycles. The van der Waals surface area contributed by atoms with Gasteiger partial charge in [0, 0.05) is 37.1 Å². The molecule has 21 heavy (non-hydrogen) atoms. The van der Waals surface area contributed by atoms with Gasteiger partial charge >= 0.3 is 0 Å². The minimum atomic E-state index is -0.631. The fourth-order valence-electron chi connectivity index (χ4n) is 2.01.